The van der Waals surface area contributed by atoms with E-state index in [0.29, 0.717) is 31.4 Å². The first kappa shape index (κ1) is 35.6. The van der Waals surface area contributed by atoms with E-state index in [0.717, 1.165) is 0 Å². The van der Waals surface area contributed by atoms with Crippen LogP contribution in [0, 0.1) is 0 Å². The maximum atomic E-state index is 13.3. The standard InChI is InChI=1S/C26H43N9O7/c27-12-2-1-5-18(33-22(38)17(28)4-3-13-32-26(30)31)23(39)34-19(10-11-21(29)37)24(40)35-20(25(41)42)14-15-6-8-16(36)9-7-15/h6-9,17-20,36H,1-5,10-14,27-28H2,(H2,29,37)(H,33,38)(H,34,39)(H,35,40)(H,41,42)(H4,30,31,32). The molecular formula is C26H43N9O7. The summed E-state index contributed by atoms with van der Waals surface area (Å²) in [6, 6.07) is 0.981. The molecule has 1 aromatic rings. The number of unbranched alkanes of at least 4 members (excludes halogenated alkanes) is 1. The predicted molar refractivity (Wildman–Crippen MR) is 154 cm³/mol. The molecule has 0 saturated heterocycles. The number of nitrogens with two attached hydrogens (primary N) is 5. The number of benzene rings is 1. The van der Waals surface area contributed by atoms with Gasteiger partial charge in [0.05, 0.1) is 6.04 Å². The van der Waals surface area contributed by atoms with Gasteiger partial charge >= 0.3 is 5.97 Å². The van der Waals surface area contributed by atoms with E-state index in [1.807, 2.05) is 0 Å². The van der Waals surface area contributed by atoms with Crippen LogP contribution in [0.15, 0.2) is 29.3 Å². The quantitative estimate of drug-likeness (QED) is 0.0419. The zero-order chi connectivity index (χ0) is 31.7. The third kappa shape index (κ3) is 14.3. The molecule has 0 aliphatic rings. The lowest BCUT2D eigenvalue weighted by atomic mass is 10.0. The van der Waals surface area contributed by atoms with Gasteiger partial charge in [-0.25, -0.2) is 4.79 Å². The Balaban J connectivity index is 3.01. The first-order valence-corrected chi connectivity index (χ1v) is 13.5. The molecule has 16 nitrogen and oxygen atoms in total. The zero-order valence-electron chi connectivity index (χ0n) is 23.5. The van der Waals surface area contributed by atoms with Gasteiger partial charge in [-0.15, -0.1) is 0 Å². The highest BCUT2D eigenvalue weighted by molar-refractivity contribution is 5.94. The molecule has 0 aliphatic heterocycles. The van der Waals surface area contributed by atoms with Crippen molar-refractivity contribution in [3.05, 3.63) is 29.8 Å². The molecule has 0 aromatic heterocycles. The van der Waals surface area contributed by atoms with Crippen LogP contribution in [-0.2, 0) is 30.4 Å². The number of carbonyl (C=O) groups excluding carboxylic acids is 4. The lowest BCUT2D eigenvalue weighted by molar-refractivity contribution is -0.142. The van der Waals surface area contributed by atoms with E-state index in [9.17, 15) is 34.2 Å². The Morgan fingerprint density at radius 1 is 0.786 bits per heavy atom. The van der Waals surface area contributed by atoms with Crippen molar-refractivity contribution in [3.8, 4) is 5.75 Å². The third-order valence-electron chi connectivity index (χ3n) is 6.19. The number of aliphatic imine (C=N–C) groups is 1. The molecule has 0 bridgehead atoms. The fraction of sp³-hybridized carbons (Fsp3) is 0.538. The number of rotatable bonds is 20. The molecular weight excluding hydrogens is 550 g/mol. The highest BCUT2D eigenvalue weighted by Gasteiger charge is 2.30. The fourth-order valence-electron chi connectivity index (χ4n) is 3.86. The van der Waals surface area contributed by atoms with Crippen LogP contribution in [-0.4, -0.2) is 83.0 Å². The Kier molecular flexibility index (Phi) is 15.9. The van der Waals surface area contributed by atoms with E-state index in [4.69, 9.17) is 28.7 Å². The molecule has 42 heavy (non-hydrogen) atoms. The summed E-state index contributed by atoms with van der Waals surface area (Å²) in [5.74, 6) is -4.37. The molecule has 0 fully saturated rings. The smallest absolute Gasteiger partial charge is 0.326 e. The number of aliphatic carboxylic acids is 1. The molecule has 1 rings (SSSR count). The van der Waals surface area contributed by atoms with Gasteiger partial charge in [0.2, 0.25) is 23.6 Å². The van der Waals surface area contributed by atoms with Gasteiger partial charge in [0.15, 0.2) is 5.96 Å². The van der Waals surface area contributed by atoms with Crippen LogP contribution in [0.25, 0.3) is 0 Å². The van der Waals surface area contributed by atoms with Crippen molar-refractivity contribution < 1.29 is 34.2 Å². The molecule has 0 heterocycles. The minimum absolute atomic E-state index is 0.0103. The number of carbonyl (C=O) groups is 5. The molecule has 0 saturated carbocycles. The van der Waals surface area contributed by atoms with Gasteiger partial charge in [-0.2, -0.15) is 0 Å². The van der Waals surface area contributed by atoms with Gasteiger partial charge in [-0.1, -0.05) is 12.1 Å². The normalized spacial score (nSPS) is 13.6. The molecule has 4 atom stereocenters. The number of nitrogens with one attached hydrogen (secondary N) is 3. The molecule has 234 valence electrons. The summed E-state index contributed by atoms with van der Waals surface area (Å²) in [6.45, 7) is 0.623. The third-order valence-corrected chi connectivity index (χ3v) is 6.19. The van der Waals surface area contributed by atoms with Crippen LogP contribution >= 0.6 is 0 Å². The number of amides is 4. The second-order valence-corrected chi connectivity index (χ2v) is 9.74. The van der Waals surface area contributed by atoms with Crippen LogP contribution in [0.4, 0.5) is 0 Å². The summed E-state index contributed by atoms with van der Waals surface area (Å²) >= 11 is 0. The van der Waals surface area contributed by atoms with Crippen LogP contribution in [0.5, 0.6) is 5.75 Å². The van der Waals surface area contributed by atoms with Crippen molar-refractivity contribution >= 4 is 35.6 Å². The number of carboxylic acid groups (broad SMARTS) is 1. The maximum Gasteiger partial charge on any atom is 0.326 e. The molecule has 0 radical (unpaired) electrons. The van der Waals surface area contributed by atoms with Crippen molar-refractivity contribution in [2.75, 3.05) is 13.1 Å². The van der Waals surface area contributed by atoms with E-state index in [-0.39, 0.29) is 50.4 Å². The SMILES string of the molecule is NCCCCC(NC(=O)C(N)CCCN=C(N)N)C(=O)NC(CCC(N)=O)C(=O)NC(Cc1ccc(O)cc1)C(=O)O. The largest absolute Gasteiger partial charge is 0.508 e. The van der Waals surface area contributed by atoms with Gasteiger partial charge in [-0.05, 0) is 62.8 Å². The van der Waals surface area contributed by atoms with Crippen molar-refractivity contribution in [3.63, 3.8) is 0 Å². The monoisotopic (exact) mass is 593 g/mol. The number of aromatic hydroxyl groups is 1. The molecule has 0 aliphatic carbocycles. The van der Waals surface area contributed by atoms with Gasteiger partial charge in [-0.3, -0.25) is 24.2 Å². The van der Waals surface area contributed by atoms with Gasteiger partial charge in [0.25, 0.3) is 0 Å². The second-order valence-electron chi connectivity index (χ2n) is 9.74. The first-order valence-electron chi connectivity index (χ1n) is 13.5. The number of nitrogens with zero attached hydrogens (tertiary/aromatic N) is 1. The number of phenols is 1. The summed E-state index contributed by atoms with van der Waals surface area (Å²) in [4.78, 5) is 66.2. The summed E-state index contributed by atoms with van der Waals surface area (Å²) in [5, 5.41) is 26.6. The van der Waals surface area contributed by atoms with Crippen LogP contribution < -0.4 is 44.6 Å². The summed E-state index contributed by atoms with van der Waals surface area (Å²) in [7, 11) is 0. The molecule has 15 N–H and O–H groups in total. The Morgan fingerprint density at radius 2 is 1.36 bits per heavy atom. The maximum absolute atomic E-state index is 13.3. The summed E-state index contributed by atoms with van der Waals surface area (Å²) in [5.41, 5.74) is 27.8. The summed E-state index contributed by atoms with van der Waals surface area (Å²) in [6.07, 6.45) is 1.26. The van der Waals surface area contributed by atoms with Gasteiger partial charge in [0.1, 0.15) is 23.9 Å². The number of carboxylic acids is 1. The number of hydrogen-bond acceptors (Lipinski definition) is 9. The average molecular weight is 594 g/mol. The van der Waals surface area contributed by atoms with E-state index >= 15 is 0 Å². The lowest BCUT2D eigenvalue weighted by Gasteiger charge is -2.25. The number of primary amides is 1. The Hall–Kier alpha value is -4.44. The van der Waals surface area contributed by atoms with Crippen LogP contribution in [0.2, 0.25) is 0 Å². The van der Waals surface area contributed by atoms with E-state index in [1.54, 1.807) is 0 Å². The minimum atomic E-state index is -1.38. The highest BCUT2D eigenvalue weighted by atomic mass is 16.4. The highest BCUT2D eigenvalue weighted by Crippen LogP contribution is 2.12. The average Bonchev–Trinajstić information content (AvgIpc) is 2.92. The Bertz CT molecular complexity index is 1080. The van der Waals surface area contributed by atoms with E-state index in [2.05, 4.69) is 20.9 Å². The van der Waals surface area contributed by atoms with Crippen molar-refractivity contribution in [2.24, 2.45) is 33.7 Å². The second kappa shape index (κ2) is 18.8. The zero-order valence-corrected chi connectivity index (χ0v) is 23.5. The van der Waals surface area contributed by atoms with Crippen molar-refractivity contribution in [1.82, 2.24) is 16.0 Å². The fourth-order valence-corrected chi connectivity index (χ4v) is 3.86. The molecule has 0 spiro atoms. The van der Waals surface area contributed by atoms with Crippen molar-refractivity contribution in [2.45, 2.75) is 75.5 Å². The van der Waals surface area contributed by atoms with Crippen LogP contribution in [0.1, 0.15) is 50.5 Å². The molecule has 4 amide bonds. The lowest BCUT2D eigenvalue weighted by Crippen LogP contribution is -2.57. The number of guanidine groups is 1. The summed E-state index contributed by atoms with van der Waals surface area (Å²) < 4.78 is 0. The Morgan fingerprint density at radius 3 is 1.90 bits per heavy atom. The first-order chi connectivity index (χ1) is 19.8. The molecule has 1 aromatic carbocycles. The van der Waals surface area contributed by atoms with Gasteiger partial charge in [0, 0.05) is 19.4 Å². The Labute approximate surface area is 243 Å². The number of hydrogen-bond donors (Lipinski definition) is 10. The van der Waals surface area contributed by atoms with E-state index in [1.165, 1.54) is 24.3 Å². The van der Waals surface area contributed by atoms with Crippen LogP contribution in [0.3, 0.4) is 0 Å². The molecule has 16 heteroatoms. The molecule has 4 unspecified atom stereocenters. The van der Waals surface area contributed by atoms with Gasteiger partial charge < -0.3 is 54.8 Å². The predicted octanol–water partition coefficient (Wildman–Crippen LogP) is -2.75. The number of phenolic OH excluding ortho intramolecular Hbond substituents is 1. The van der Waals surface area contributed by atoms with E-state index < -0.39 is 53.8 Å². The van der Waals surface area contributed by atoms with Crippen molar-refractivity contribution in [1.29, 1.82) is 0 Å². The topological polar surface area (TPSA) is 304 Å². The minimum Gasteiger partial charge on any atom is -0.508 e.